The maximum Gasteiger partial charge on any atom is 0.225 e. The van der Waals surface area contributed by atoms with Crippen molar-refractivity contribution in [3.8, 4) is 5.75 Å². The van der Waals surface area contributed by atoms with E-state index in [-0.39, 0.29) is 35.9 Å². The van der Waals surface area contributed by atoms with E-state index in [0.29, 0.717) is 12.5 Å². The number of nitrogens with one attached hydrogen (secondary N) is 2. The zero-order valence-corrected chi connectivity index (χ0v) is 20.2. The summed E-state index contributed by atoms with van der Waals surface area (Å²) in [5.41, 5.74) is 2.33. The Morgan fingerprint density at radius 1 is 1.21 bits per heavy atom. The lowest BCUT2D eigenvalue weighted by atomic mass is 9.88. The van der Waals surface area contributed by atoms with Gasteiger partial charge in [0, 0.05) is 38.6 Å². The minimum atomic E-state index is 0. The Kier molecular flexibility index (Phi) is 9.52. The highest BCUT2D eigenvalue weighted by Gasteiger charge is 2.31. The maximum absolute atomic E-state index is 12.7. The predicted octanol–water partition coefficient (Wildman–Crippen LogP) is 3.47. The molecule has 29 heavy (non-hydrogen) atoms. The Bertz CT molecular complexity index is 704. The van der Waals surface area contributed by atoms with Crippen molar-refractivity contribution in [1.82, 2.24) is 15.5 Å². The lowest BCUT2D eigenvalue weighted by molar-refractivity contribution is -0.135. The summed E-state index contributed by atoms with van der Waals surface area (Å²) in [4.78, 5) is 19.1. The van der Waals surface area contributed by atoms with Crippen LogP contribution in [0.25, 0.3) is 0 Å². The van der Waals surface area contributed by atoms with Crippen molar-refractivity contribution < 1.29 is 9.53 Å². The Labute approximate surface area is 191 Å². The number of hydrogen-bond donors (Lipinski definition) is 2. The third-order valence-electron chi connectivity index (χ3n) is 5.83. The Hall–Kier alpha value is -1.51. The van der Waals surface area contributed by atoms with E-state index in [0.717, 1.165) is 49.6 Å². The average Bonchev–Trinajstić information content (AvgIpc) is 3.19. The molecule has 1 unspecified atom stereocenters. The highest BCUT2D eigenvalue weighted by Crippen LogP contribution is 2.26. The number of methoxy groups -OCH3 is 1. The second kappa shape index (κ2) is 11.6. The third kappa shape index (κ3) is 6.76. The summed E-state index contributed by atoms with van der Waals surface area (Å²) >= 11 is 0. The number of carbonyl (C=O) groups is 1. The fourth-order valence-corrected chi connectivity index (χ4v) is 4.30. The molecule has 2 aliphatic rings. The first-order valence-electron chi connectivity index (χ1n) is 10.5. The number of nitrogens with zero attached hydrogens (tertiary/aromatic N) is 2. The van der Waals surface area contributed by atoms with Crippen LogP contribution in [0.15, 0.2) is 23.2 Å². The largest absolute Gasteiger partial charge is 0.497 e. The van der Waals surface area contributed by atoms with Gasteiger partial charge in [-0.3, -0.25) is 9.79 Å². The minimum absolute atomic E-state index is 0. The zero-order chi connectivity index (χ0) is 19.9. The van der Waals surface area contributed by atoms with Crippen molar-refractivity contribution in [2.24, 2.45) is 10.9 Å². The molecule has 1 aliphatic heterocycles. The Morgan fingerprint density at radius 3 is 2.66 bits per heavy atom. The second-order valence-corrected chi connectivity index (χ2v) is 8.03. The van der Waals surface area contributed by atoms with Crippen LogP contribution in [0, 0.1) is 12.8 Å². The van der Waals surface area contributed by atoms with Crippen molar-refractivity contribution in [2.45, 2.75) is 58.0 Å². The van der Waals surface area contributed by atoms with E-state index in [1.54, 1.807) is 14.2 Å². The SMILES string of the molecule is CN=C(NCc1cc(C)cc(OC)c1)NC1CCN(C(=O)C2CCCCC2)C1.I. The molecule has 1 aromatic rings. The normalized spacial score (nSPS) is 20.2. The molecule has 0 bridgehead atoms. The number of benzene rings is 1. The molecule has 3 rings (SSSR count). The molecule has 1 aliphatic carbocycles. The van der Waals surface area contributed by atoms with Crippen molar-refractivity contribution in [2.75, 3.05) is 27.2 Å². The fourth-order valence-electron chi connectivity index (χ4n) is 4.30. The molecule has 7 heteroatoms. The second-order valence-electron chi connectivity index (χ2n) is 8.03. The monoisotopic (exact) mass is 514 g/mol. The summed E-state index contributed by atoms with van der Waals surface area (Å²) in [7, 11) is 3.47. The molecule has 1 aromatic carbocycles. The van der Waals surface area contributed by atoms with E-state index in [1.807, 2.05) is 17.0 Å². The molecule has 0 spiro atoms. The summed E-state index contributed by atoms with van der Waals surface area (Å²) in [6.45, 7) is 4.36. The van der Waals surface area contributed by atoms with Gasteiger partial charge in [-0.05, 0) is 49.4 Å². The molecule has 2 fully saturated rings. The number of rotatable bonds is 5. The molecular formula is C22H35IN4O2. The van der Waals surface area contributed by atoms with Crippen LogP contribution in [0.1, 0.15) is 49.7 Å². The van der Waals surface area contributed by atoms with Gasteiger partial charge < -0.3 is 20.3 Å². The molecule has 1 atom stereocenters. The number of aryl methyl sites for hydroxylation is 1. The van der Waals surface area contributed by atoms with E-state index in [2.05, 4.69) is 28.6 Å². The van der Waals surface area contributed by atoms with E-state index in [4.69, 9.17) is 4.74 Å². The van der Waals surface area contributed by atoms with E-state index in [1.165, 1.54) is 24.8 Å². The van der Waals surface area contributed by atoms with Gasteiger partial charge in [0.15, 0.2) is 5.96 Å². The molecule has 162 valence electrons. The van der Waals surface area contributed by atoms with Crippen LogP contribution >= 0.6 is 24.0 Å². The van der Waals surface area contributed by atoms with Gasteiger partial charge in [0.2, 0.25) is 5.91 Å². The topological polar surface area (TPSA) is 66.0 Å². The number of ether oxygens (including phenoxy) is 1. The highest BCUT2D eigenvalue weighted by atomic mass is 127. The van der Waals surface area contributed by atoms with Gasteiger partial charge in [-0.2, -0.15) is 0 Å². The quantitative estimate of drug-likeness (QED) is 0.359. The number of amides is 1. The number of guanidine groups is 1. The fraction of sp³-hybridized carbons (Fsp3) is 0.636. The van der Waals surface area contributed by atoms with Gasteiger partial charge in [0.1, 0.15) is 5.75 Å². The van der Waals surface area contributed by atoms with Crippen LogP contribution < -0.4 is 15.4 Å². The minimum Gasteiger partial charge on any atom is -0.497 e. The predicted molar refractivity (Wildman–Crippen MR) is 128 cm³/mol. The summed E-state index contributed by atoms with van der Waals surface area (Å²) in [5.74, 6) is 2.25. The number of aliphatic imine (C=N–C) groups is 1. The highest BCUT2D eigenvalue weighted by molar-refractivity contribution is 14.0. The lowest BCUT2D eigenvalue weighted by Gasteiger charge is -2.26. The molecule has 6 nitrogen and oxygen atoms in total. The van der Waals surface area contributed by atoms with Gasteiger partial charge in [-0.1, -0.05) is 25.3 Å². The average molecular weight is 514 g/mol. The molecule has 2 N–H and O–H groups in total. The number of halogens is 1. The van der Waals surface area contributed by atoms with Gasteiger partial charge in [0.05, 0.1) is 7.11 Å². The zero-order valence-electron chi connectivity index (χ0n) is 17.9. The van der Waals surface area contributed by atoms with E-state index in [9.17, 15) is 4.79 Å². The van der Waals surface area contributed by atoms with Gasteiger partial charge in [0.25, 0.3) is 0 Å². The third-order valence-corrected chi connectivity index (χ3v) is 5.83. The number of carbonyl (C=O) groups excluding carboxylic acids is 1. The molecule has 0 radical (unpaired) electrons. The Morgan fingerprint density at radius 2 is 1.97 bits per heavy atom. The van der Waals surface area contributed by atoms with Crippen LogP contribution in [0.4, 0.5) is 0 Å². The summed E-state index contributed by atoms with van der Waals surface area (Å²) < 4.78 is 5.35. The molecular weight excluding hydrogens is 479 g/mol. The van der Waals surface area contributed by atoms with Gasteiger partial charge in [-0.15, -0.1) is 24.0 Å². The first kappa shape index (κ1) is 23.8. The number of likely N-dealkylation sites (tertiary alicyclic amines) is 1. The molecule has 0 aromatic heterocycles. The molecule has 1 saturated carbocycles. The smallest absolute Gasteiger partial charge is 0.225 e. The molecule has 1 heterocycles. The van der Waals surface area contributed by atoms with Crippen LogP contribution in [0.3, 0.4) is 0 Å². The lowest BCUT2D eigenvalue weighted by Crippen LogP contribution is -2.45. The standard InChI is InChI=1S/C22H34N4O2.HI/c1-16-11-17(13-20(12-16)28-3)14-24-22(23-2)25-19-9-10-26(15-19)21(27)18-7-5-4-6-8-18;/h11-13,18-19H,4-10,14-15H2,1-3H3,(H2,23,24,25);1H. The molecule has 1 amide bonds. The van der Waals surface area contributed by atoms with E-state index < -0.39 is 0 Å². The van der Waals surface area contributed by atoms with Crippen molar-refractivity contribution in [1.29, 1.82) is 0 Å². The molecule has 1 saturated heterocycles. The summed E-state index contributed by atoms with van der Waals surface area (Å²) in [6.07, 6.45) is 6.78. The van der Waals surface area contributed by atoms with Crippen molar-refractivity contribution >= 4 is 35.8 Å². The summed E-state index contributed by atoms with van der Waals surface area (Å²) in [6, 6.07) is 6.45. The van der Waals surface area contributed by atoms with Crippen LogP contribution in [0.2, 0.25) is 0 Å². The van der Waals surface area contributed by atoms with Gasteiger partial charge >= 0.3 is 0 Å². The van der Waals surface area contributed by atoms with Gasteiger partial charge in [-0.25, -0.2) is 0 Å². The van der Waals surface area contributed by atoms with Crippen LogP contribution in [-0.4, -0.2) is 50.1 Å². The Balaban J connectivity index is 0.00000300. The van der Waals surface area contributed by atoms with E-state index >= 15 is 0 Å². The number of hydrogen-bond acceptors (Lipinski definition) is 3. The summed E-state index contributed by atoms with van der Waals surface area (Å²) in [5, 5.41) is 6.86. The van der Waals surface area contributed by atoms with Crippen LogP contribution in [0.5, 0.6) is 5.75 Å². The maximum atomic E-state index is 12.7. The van der Waals surface area contributed by atoms with Crippen LogP contribution in [-0.2, 0) is 11.3 Å². The first-order chi connectivity index (χ1) is 13.6. The first-order valence-corrected chi connectivity index (χ1v) is 10.5. The van der Waals surface area contributed by atoms with Crippen molar-refractivity contribution in [3.05, 3.63) is 29.3 Å². The van der Waals surface area contributed by atoms with Crippen molar-refractivity contribution in [3.63, 3.8) is 0 Å².